The molecule has 0 saturated heterocycles. The van der Waals surface area contributed by atoms with Gasteiger partial charge in [0.15, 0.2) is 11.5 Å². The van der Waals surface area contributed by atoms with Crippen LogP contribution in [0, 0.1) is 5.92 Å². The van der Waals surface area contributed by atoms with E-state index >= 15 is 0 Å². The van der Waals surface area contributed by atoms with Crippen LogP contribution in [0.5, 0.6) is 11.5 Å². The van der Waals surface area contributed by atoms with Crippen LogP contribution < -0.4 is 14.9 Å². The zero-order valence-corrected chi connectivity index (χ0v) is 14.3. The van der Waals surface area contributed by atoms with Crippen molar-refractivity contribution in [3.63, 3.8) is 0 Å². The highest BCUT2D eigenvalue weighted by Crippen LogP contribution is 2.28. The third kappa shape index (κ3) is 5.49. The van der Waals surface area contributed by atoms with Crippen LogP contribution >= 0.6 is 11.6 Å². The molecule has 0 aliphatic heterocycles. The normalized spacial score (nSPS) is 11.0. The van der Waals surface area contributed by atoms with E-state index in [4.69, 9.17) is 21.1 Å². The van der Waals surface area contributed by atoms with Gasteiger partial charge < -0.3 is 9.47 Å². The van der Waals surface area contributed by atoms with Gasteiger partial charge in [0.25, 0.3) is 0 Å². The molecule has 0 heterocycles. The average molecular weight is 333 g/mol. The first kappa shape index (κ1) is 17.2. The Morgan fingerprint density at radius 3 is 2.70 bits per heavy atom. The standard InChI is InChI=1S/C18H21ClN2O2/c1-13(2)12-23-17-8-7-14(9-18(17)22-3)11-20-21-16-6-4-5-15(19)10-16/h4-11,13,21H,12H2,1-3H3. The molecule has 0 fully saturated rings. The molecular weight excluding hydrogens is 312 g/mol. The van der Waals surface area contributed by atoms with Gasteiger partial charge in [0, 0.05) is 5.02 Å². The molecule has 0 aromatic heterocycles. The number of ether oxygens (including phenoxy) is 2. The number of halogens is 1. The van der Waals surface area contributed by atoms with E-state index in [0.29, 0.717) is 23.3 Å². The molecule has 0 unspecified atom stereocenters. The highest BCUT2D eigenvalue weighted by Gasteiger charge is 2.06. The maximum absolute atomic E-state index is 5.93. The summed E-state index contributed by atoms with van der Waals surface area (Å²) in [6.45, 7) is 4.87. The van der Waals surface area contributed by atoms with Crippen molar-refractivity contribution in [3.05, 3.63) is 53.1 Å². The van der Waals surface area contributed by atoms with Crippen molar-refractivity contribution in [2.45, 2.75) is 13.8 Å². The molecular formula is C18H21ClN2O2. The fraction of sp³-hybridized carbons (Fsp3) is 0.278. The maximum atomic E-state index is 5.93. The van der Waals surface area contributed by atoms with Gasteiger partial charge in [0.1, 0.15) is 0 Å². The molecule has 2 aromatic carbocycles. The summed E-state index contributed by atoms with van der Waals surface area (Å²) in [4.78, 5) is 0. The van der Waals surface area contributed by atoms with Crippen molar-refractivity contribution in [2.75, 3.05) is 19.1 Å². The van der Waals surface area contributed by atoms with Gasteiger partial charge in [-0.2, -0.15) is 5.10 Å². The average Bonchev–Trinajstić information content (AvgIpc) is 2.53. The van der Waals surface area contributed by atoms with E-state index in [9.17, 15) is 0 Å². The first-order chi connectivity index (χ1) is 11.1. The molecule has 4 nitrogen and oxygen atoms in total. The number of methoxy groups -OCH3 is 1. The lowest BCUT2D eigenvalue weighted by molar-refractivity contribution is 0.257. The zero-order chi connectivity index (χ0) is 16.7. The second-order valence-corrected chi connectivity index (χ2v) is 5.93. The molecule has 0 radical (unpaired) electrons. The van der Waals surface area contributed by atoms with Crippen LogP contribution in [0.2, 0.25) is 5.02 Å². The molecule has 122 valence electrons. The predicted molar refractivity (Wildman–Crippen MR) is 96.0 cm³/mol. The second kappa shape index (κ2) is 8.44. The van der Waals surface area contributed by atoms with Crippen LogP contribution in [-0.2, 0) is 0 Å². The van der Waals surface area contributed by atoms with Crippen molar-refractivity contribution < 1.29 is 9.47 Å². The van der Waals surface area contributed by atoms with Crippen LogP contribution in [0.25, 0.3) is 0 Å². The van der Waals surface area contributed by atoms with Gasteiger partial charge in [-0.15, -0.1) is 0 Å². The van der Waals surface area contributed by atoms with Crippen LogP contribution in [-0.4, -0.2) is 19.9 Å². The smallest absolute Gasteiger partial charge is 0.161 e. The van der Waals surface area contributed by atoms with Crippen molar-refractivity contribution >= 4 is 23.5 Å². The second-order valence-electron chi connectivity index (χ2n) is 5.50. The first-order valence-electron chi connectivity index (χ1n) is 7.44. The van der Waals surface area contributed by atoms with Crippen molar-refractivity contribution in [1.29, 1.82) is 0 Å². The minimum atomic E-state index is 0.461. The molecule has 5 heteroatoms. The van der Waals surface area contributed by atoms with Gasteiger partial charge in [0.05, 0.1) is 25.6 Å². The number of nitrogens with zero attached hydrogens (tertiary/aromatic N) is 1. The minimum Gasteiger partial charge on any atom is -0.493 e. The van der Waals surface area contributed by atoms with Gasteiger partial charge in [-0.25, -0.2) is 0 Å². The van der Waals surface area contributed by atoms with Gasteiger partial charge in [-0.3, -0.25) is 5.43 Å². The molecule has 0 aliphatic rings. The number of hydrazone groups is 1. The number of hydrogen-bond donors (Lipinski definition) is 1. The highest BCUT2D eigenvalue weighted by molar-refractivity contribution is 6.30. The molecule has 0 amide bonds. The van der Waals surface area contributed by atoms with Crippen molar-refractivity contribution in [2.24, 2.45) is 11.0 Å². The topological polar surface area (TPSA) is 42.8 Å². The Hall–Kier alpha value is -2.20. The van der Waals surface area contributed by atoms with E-state index in [1.807, 2.05) is 42.5 Å². The third-order valence-corrected chi connectivity index (χ3v) is 3.23. The van der Waals surface area contributed by atoms with Gasteiger partial charge in [0.2, 0.25) is 0 Å². The lowest BCUT2D eigenvalue weighted by Crippen LogP contribution is -2.05. The molecule has 0 saturated carbocycles. The van der Waals surface area contributed by atoms with E-state index in [1.165, 1.54) is 0 Å². The lowest BCUT2D eigenvalue weighted by atomic mass is 10.2. The number of hydrogen-bond acceptors (Lipinski definition) is 4. The summed E-state index contributed by atoms with van der Waals surface area (Å²) in [6, 6.07) is 13.1. The third-order valence-electron chi connectivity index (χ3n) is 2.99. The number of rotatable bonds is 7. The first-order valence-corrected chi connectivity index (χ1v) is 7.81. The van der Waals surface area contributed by atoms with E-state index < -0.39 is 0 Å². The Kier molecular flexibility index (Phi) is 6.29. The Morgan fingerprint density at radius 2 is 2.00 bits per heavy atom. The van der Waals surface area contributed by atoms with Crippen LogP contribution in [0.3, 0.4) is 0 Å². The Bertz CT molecular complexity index is 672. The van der Waals surface area contributed by atoms with Gasteiger partial charge in [-0.1, -0.05) is 31.5 Å². The monoisotopic (exact) mass is 332 g/mol. The summed E-state index contributed by atoms with van der Waals surface area (Å²) in [5.41, 5.74) is 4.68. The summed E-state index contributed by atoms with van der Waals surface area (Å²) in [6.07, 6.45) is 1.72. The van der Waals surface area contributed by atoms with Crippen molar-refractivity contribution in [3.8, 4) is 11.5 Å². The molecule has 0 atom stereocenters. The van der Waals surface area contributed by atoms with E-state index in [1.54, 1.807) is 13.3 Å². The summed E-state index contributed by atoms with van der Waals surface area (Å²) < 4.78 is 11.1. The summed E-state index contributed by atoms with van der Waals surface area (Å²) >= 11 is 5.93. The SMILES string of the molecule is COc1cc(C=NNc2cccc(Cl)c2)ccc1OCC(C)C. The number of benzene rings is 2. The Morgan fingerprint density at radius 1 is 1.17 bits per heavy atom. The minimum absolute atomic E-state index is 0.461. The fourth-order valence-electron chi connectivity index (χ4n) is 1.88. The molecule has 0 spiro atoms. The molecule has 1 N–H and O–H groups in total. The fourth-order valence-corrected chi connectivity index (χ4v) is 2.07. The Balaban J connectivity index is 2.03. The van der Waals surface area contributed by atoms with Crippen molar-refractivity contribution in [1.82, 2.24) is 0 Å². The highest BCUT2D eigenvalue weighted by atomic mass is 35.5. The molecule has 2 aromatic rings. The number of nitrogens with one attached hydrogen (secondary N) is 1. The molecule has 23 heavy (non-hydrogen) atoms. The predicted octanol–water partition coefficient (Wildman–Crippen LogP) is 4.83. The summed E-state index contributed by atoms with van der Waals surface area (Å²) in [5.74, 6) is 1.89. The van der Waals surface area contributed by atoms with Crippen LogP contribution in [0.1, 0.15) is 19.4 Å². The quantitative estimate of drug-likeness (QED) is 0.583. The van der Waals surface area contributed by atoms with Crippen LogP contribution in [0.4, 0.5) is 5.69 Å². The van der Waals surface area contributed by atoms with Gasteiger partial charge >= 0.3 is 0 Å². The van der Waals surface area contributed by atoms with E-state index in [2.05, 4.69) is 24.4 Å². The summed E-state index contributed by atoms with van der Waals surface area (Å²) in [5, 5.41) is 4.87. The largest absolute Gasteiger partial charge is 0.493 e. The Labute approximate surface area is 142 Å². The molecule has 0 aliphatic carbocycles. The zero-order valence-electron chi connectivity index (χ0n) is 13.5. The molecule has 2 rings (SSSR count). The summed E-state index contributed by atoms with van der Waals surface area (Å²) in [7, 11) is 1.63. The number of anilines is 1. The van der Waals surface area contributed by atoms with Crippen LogP contribution in [0.15, 0.2) is 47.6 Å². The maximum Gasteiger partial charge on any atom is 0.161 e. The lowest BCUT2D eigenvalue weighted by Gasteiger charge is -2.12. The van der Waals surface area contributed by atoms with Gasteiger partial charge in [-0.05, 0) is 47.9 Å². The van der Waals surface area contributed by atoms with E-state index in [-0.39, 0.29) is 0 Å². The van der Waals surface area contributed by atoms with E-state index in [0.717, 1.165) is 17.0 Å². The molecule has 0 bridgehead atoms.